The highest BCUT2D eigenvalue weighted by Gasteiger charge is 2.19. The lowest BCUT2D eigenvalue weighted by Gasteiger charge is -2.12. The van der Waals surface area contributed by atoms with Gasteiger partial charge in [-0.15, -0.1) is 10.2 Å². The average Bonchev–Trinajstić information content (AvgIpc) is 3.30. The molecule has 152 valence electrons. The molecular formula is C20H16FN5O3S. The molecule has 1 heterocycles. The van der Waals surface area contributed by atoms with E-state index in [1.807, 2.05) is 24.3 Å². The maximum Gasteiger partial charge on any atom is 0.261 e. The summed E-state index contributed by atoms with van der Waals surface area (Å²) in [6.45, 7) is 0. The van der Waals surface area contributed by atoms with Gasteiger partial charge in [-0.1, -0.05) is 24.3 Å². The number of anilines is 1. The van der Waals surface area contributed by atoms with E-state index in [1.54, 1.807) is 19.2 Å². The summed E-state index contributed by atoms with van der Waals surface area (Å²) < 4.78 is 47.0. The van der Waals surface area contributed by atoms with Crippen molar-refractivity contribution in [3.63, 3.8) is 0 Å². The number of aromatic amines is 1. The Morgan fingerprint density at radius 1 is 0.967 bits per heavy atom. The maximum absolute atomic E-state index is 13.7. The van der Waals surface area contributed by atoms with Gasteiger partial charge < -0.3 is 4.74 Å². The molecule has 0 aliphatic heterocycles. The summed E-state index contributed by atoms with van der Waals surface area (Å²) in [5.74, 6) is 0.252. The third-order valence-electron chi connectivity index (χ3n) is 4.40. The highest BCUT2D eigenvalue weighted by Crippen LogP contribution is 2.29. The van der Waals surface area contributed by atoms with Crippen LogP contribution < -0.4 is 9.46 Å². The standard InChI is InChI=1S/C20H16FN5O3S/c1-29-16-7-2-13(3-8-16)14-4-9-17(10-5-14)30(27,28)24-19-11-6-15(21)12-18(19)20-22-25-26-23-20/h2-12,24H,1H3,(H,22,23,25,26). The third-order valence-corrected chi connectivity index (χ3v) is 5.78. The van der Waals surface area contributed by atoms with Crippen molar-refractivity contribution < 1.29 is 17.5 Å². The zero-order valence-corrected chi connectivity index (χ0v) is 16.5. The van der Waals surface area contributed by atoms with E-state index in [2.05, 4.69) is 25.3 Å². The number of aromatic nitrogens is 4. The number of sulfonamides is 1. The molecule has 0 aliphatic carbocycles. The van der Waals surface area contributed by atoms with Crippen LogP contribution in [0.5, 0.6) is 5.75 Å². The Bertz CT molecular complexity index is 1260. The molecule has 0 fully saturated rings. The minimum Gasteiger partial charge on any atom is -0.497 e. The van der Waals surface area contributed by atoms with Crippen molar-refractivity contribution in [2.45, 2.75) is 4.90 Å². The van der Waals surface area contributed by atoms with Gasteiger partial charge in [0.2, 0.25) is 5.82 Å². The number of methoxy groups -OCH3 is 1. The first-order valence-electron chi connectivity index (χ1n) is 8.77. The van der Waals surface area contributed by atoms with Crippen molar-refractivity contribution in [2.24, 2.45) is 0 Å². The number of nitrogens with zero attached hydrogens (tertiary/aromatic N) is 3. The van der Waals surface area contributed by atoms with E-state index in [4.69, 9.17) is 4.74 Å². The number of ether oxygens (including phenoxy) is 1. The Morgan fingerprint density at radius 2 is 1.63 bits per heavy atom. The number of rotatable bonds is 6. The zero-order chi connectivity index (χ0) is 21.1. The summed E-state index contributed by atoms with van der Waals surface area (Å²) >= 11 is 0. The van der Waals surface area contributed by atoms with E-state index in [0.717, 1.165) is 29.0 Å². The molecule has 0 aliphatic rings. The van der Waals surface area contributed by atoms with Gasteiger partial charge in [0.25, 0.3) is 10.0 Å². The predicted octanol–water partition coefficient (Wildman–Crippen LogP) is 3.48. The molecule has 4 aromatic rings. The molecule has 0 bridgehead atoms. The van der Waals surface area contributed by atoms with Gasteiger partial charge in [0, 0.05) is 0 Å². The first-order valence-corrected chi connectivity index (χ1v) is 10.3. The summed E-state index contributed by atoms with van der Waals surface area (Å²) in [5, 5.41) is 13.3. The van der Waals surface area contributed by atoms with Crippen LogP contribution in [0.2, 0.25) is 0 Å². The Morgan fingerprint density at radius 3 is 2.23 bits per heavy atom. The van der Waals surface area contributed by atoms with Gasteiger partial charge in [-0.25, -0.2) is 12.8 Å². The molecule has 2 N–H and O–H groups in total. The molecular weight excluding hydrogens is 409 g/mol. The summed E-state index contributed by atoms with van der Waals surface area (Å²) in [5.41, 5.74) is 2.08. The van der Waals surface area contributed by atoms with Crippen LogP contribution in [0.15, 0.2) is 71.6 Å². The molecule has 10 heteroatoms. The Labute approximate surface area is 171 Å². The molecule has 8 nitrogen and oxygen atoms in total. The molecule has 0 saturated heterocycles. The van der Waals surface area contributed by atoms with Crippen molar-refractivity contribution in [3.05, 3.63) is 72.5 Å². The van der Waals surface area contributed by atoms with Gasteiger partial charge in [-0.2, -0.15) is 5.21 Å². The lowest BCUT2D eigenvalue weighted by atomic mass is 10.1. The largest absolute Gasteiger partial charge is 0.497 e. The van der Waals surface area contributed by atoms with E-state index in [1.165, 1.54) is 18.2 Å². The first kappa shape index (κ1) is 19.5. The molecule has 4 rings (SSSR count). The van der Waals surface area contributed by atoms with Crippen molar-refractivity contribution >= 4 is 15.7 Å². The second-order valence-electron chi connectivity index (χ2n) is 6.28. The molecule has 0 atom stereocenters. The smallest absolute Gasteiger partial charge is 0.261 e. The lowest BCUT2D eigenvalue weighted by Crippen LogP contribution is -2.14. The lowest BCUT2D eigenvalue weighted by molar-refractivity contribution is 0.415. The van der Waals surface area contributed by atoms with Crippen LogP contribution in [-0.4, -0.2) is 36.2 Å². The van der Waals surface area contributed by atoms with Crippen LogP contribution in [0.1, 0.15) is 0 Å². The topological polar surface area (TPSA) is 110 Å². The fourth-order valence-electron chi connectivity index (χ4n) is 2.88. The van der Waals surface area contributed by atoms with Crippen molar-refractivity contribution in [1.82, 2.24) is 20.6 Å². The van der Waals surface area contributed by atoms with Crippen LogP contribution >= 0.6 is 0 Å². The van der Waals surface area contributed by atoms with Crippen molar-refractivity contribution in [2.75, 3.05) is 11.8 Å². The van der Waals surface area contributed by atoms with E-state index < -0.39 is 15.8 Å². The van der Waals surface area contributed by atoms with E-state index in [0.29, 0.717) is 0 Å². The molecule has 0 saturated carbocycles. The van der Waals surface area contributed by atoms with Gasteiger partial charge in [0.05, 0.1) is 23.3 Å². The normalized spacial score (nSPS) is 11.3. The fraction of sp³-hybridized carbons (Fsp3) is 0.0500. The van der Waals surface area contributed by atoms with Crippen LogP contribution in [0, 0.1) is 5.82 Å². The Kier molecular flexibility index (Phi) is 5.15. The van der Waals surface area contributed by atoms with Gasteiger partial charge in [0.15, 0.2) is 0 Å². The SMILES string of the molecule is COc1ccc(-c2ccc(S(=O)(=O)Nc3ccc(F)cc3-c3nn[nH]n3)cc2)cc1. The minimum absolute atomic E-state index is 0.0585. The van der Waals surface area contributed by atoms with E-state index in [-0.39, 0.29) is 22.0 Å². The quantitative estimate of drug-likeness (QED) is 0.489. The monoisotopic (exact) mass is 425 g/mol. The van der Waals surface area contributed by atoms with Crippen LogP contribution in [0.25, 0.3) is 22.5 Å². The summed E-state index contributed by atoms with van der Waals surface area (Å²) in [4.78, 5) is 0.0585. The third kappa shape index (κ3) is 3.98. The molecule has 30 heavy (non-hydrogen) atoms. The number of nitrogens with one attached hydrogen (secondary N) is 2. The van der Waals surface area contributed by atoms with Crippen LogP contribution in [0.3, 0.4) is 0 Å². The van der Waals surface area contributed by atoms with E-state index >= 15 is 0 Å². The highest BCUT2D eigenvalue weighted by atomic mass is 32.2. The number of halogens is 1. The molecule has 3 aromatic carbocycles. The Hall–Kier alpha value is -3.79. The molecule has 0 amide bonds. The maximum atomic E-state index is 13.7. The van der Waals surface area contributed by atoms with Gasteiger partial charge >= 0.3 is 0 Å². The highest BCUT2D eigenvalue weighted by molar-refractivity contribution is 7.92. The summed E-state index contributed by atoms with van der Waals surface area (Å²) in [6, 6.07) is 17.4. The number of hydrogen-bond acceptors (Lipinski definition) is 6. The number of tetrazole rings is 1. The number of hydrogen-bond donors (Lipinski definition) is 2. The second kappa shape index (κ2) is 7.91. The van der Waals surface area contributed by atoms with Gasteiger partial charge in [-0.05, 0) is 58.8 Å². The van der Waals surface area contributed by atoms with Crippen LogP contribution in [0.4, 0.5) is 10.1 Å². The molecule has 0 unspecified atom stereocenters. The van der Waals surface area contributed by atoms with Gasteiger partial charge in [-0.3, -0.25) is 4.72 Å². The van der Waals surface area contributed by atoms with Crippen molar-refractivity contribution in [3.8, 4) is 28.3 Å². The first-order chi connectivity index (χ1) is 14.5. The summed E-state index contributed by atoms with van der Waals surface area (Å²) in [7, 11) is -2.34. The second-order valence-corrected chi connectivity index (χ2v) is 7.97. The van der Waals surface area contributed by atoms with E-state index in [9.17, 15) is 12.8 Å². The molecule has 0 spiro atoms. The zero-order valence-electron chi connectivity index (χ0n) is 15.7. The fourth-order valence-corrected chi connectivity index (χ4v) is 3.96. The van der Waals surface area contributed by atoms with Crippen molar-refractivity contribution in [1.29, 1.82) is 0 Å². The predicted molar refractivity (Wildman–Crippen MR) is 109 cm³/mol. The minimum atomic E-state index is -3.93. The number of H-pyrrole nitrogens is 1. The molecule has 0 radical (unpaired) electrons. The van der Waals surface area contributed by atoms with Crippen LogP contribution in [-0.2, 0) is 10.0 Å². The number of benzene rings is 3. The average molecular weight is 425 g/mol. The summed E-state index contributed by atoms with van der Waals surface area (Å²) in [6.07, 6.45) is 0. The van der Waals surface area contributed by atoms with Gasteiger partial charge in [0.1, 0.15) is 11.6 Å². The molecule has 1 aromatic heterocycles. The Balaban J connectivity index is 1.62.